The summed E-state index contributed by atoms with van der Waals surface area (Å²) >= 11 is 0. The molecule has 0 unspecified atom stereocenters. The first-order chi connectivity index (χ1) is 4.93. The van der Waals surface area contributed by atoms with Gasteiger partial charge in [0, 0.05) is 0 Å². The van der Waals surface area contributed by atoms with Crippen LogP contribution in [-0.2, 0) is 0 Å². The van der Waals surface area contributed by atoms with Gasteiger partial charge in [-0.3, -0.25) is 0 Å². The maximum atomic E-state index is 8.69. The molecule has 1 aliphatic rings. The van der Waals surface area contributed by atoms with Gasteiger partial charge in [-0.25, -0.2) is 0 Å². The molecule has 1 heterocycles. The van der Waals surface area contributed by atoms with Crippen LogP contribution in [-0.4, -0.2) is 31.3 Å². The topological polar surface area (TPSA) is 24.7 Å². The molecule has 0 aliphatic carbocycles. The minimum Gasteiger partial charge on any atom is -0.391 e. The molecule has 2 N–H and O–H groups in total. The zero-order valence-corrected chi connectivity index (χ0v) is 6.60. The number of nitrogens with one attached hydrogen (secondary N) is 1. The van der Waals surface area contributed by atoms with Gasteiger partial charge in [-0.15, -0.1) is 0 Å². The third-order valence-corrected chi connectivity index (χ3v) is 2.28. The first kappa shape index (κ1) is 8.02. The highest BCUT2D eigenvalue weighted by atomic mass is 16.3. The van der Waals surface area contributed by atoms with Gasteiger partial charge < -0.3 is 10.0 Å². The largest absolute Gasteiger partial charge is 0.391 e. The van der Waals surface area contributed by atoms with E-state index in [0.29, 0.717) is 6.61 Å². The lowest BCUT2D eigenvalue weighted by atomic mass is 10.2. The zero-order valence-electron chi connectivity index (χ0n) is 6.60. The minimum absolute atomic E-state index is 0.356. The average Bonchev–Trinajstić information content (AvgIpc) is 2.17. The van der Waals surface area contributed by atoms with Crippen LogP contribution in [0.1, 0.15) is 25.7 Å². The molecule has 0 radical (unpaired) electrons. The van der Waals surface area contributed by atoms with E-state index in [1.54, 1.807) is 4.90 Å². The number of rotatable bonds is 2. The third kappa shape index (κ3) is 2.67. The van der Waals surface area contributed by atoms with Crippen LogP contribution >= 0.6 is 0 Å². The van der Waals surface area contributed by atoms with Crippen molar-refractivity contribution in [1.82, 2.24) is 0 Å². The van der Waals surface area contributed by atoms with Gasteiger partial charge in [-0.05, 0) is 25.7 Å². The molecule has 0 aromatic rings. The SMILES string of the molecule is OCC[NH+]1CCCCCC1. The van der Waals surface area contributed by atoms with Gasteiger partial charge in [0.05, 0.1) is 19.7 Å². The van der Waals surface area contributed by atoms with E-state index >= 15 is 0 Å². The van der Waals surface area contributed by atoms with E-state index in [1.165, 1.54) is 38.8 Å². The minimum atomic E-state index is 0.356. The van der Waals surface area contributed by atoms with E-state index in [2.05, 4.69) is 0 Å². The summed E-state index contributed by atoms with van der Waals surface area (Å²) in [4.78, 5) is 1.60. The van der Waals surface area contributed by atoms with Crippen LogP contribution in [0.5, 0.6) is 0 Å². The van der Waals surface area contributed by atoms with E-state index in [9.17, 15) is 0 Å². The van der Waals surface area contributed by atoms with E-state index < -0.39 is 0 Å². The first-order valence-corrected chi connectivity index (χ1v) is 4.38. The number of likely N-dealkylation sites (tertiary alicyclic amines) is 1. The number of aliphatic hydroxyl groups is 1. The van der Waals surface area contributed by atoms with Crippen LogP contribution in [0.15, 0.2) is 0 Å². The van der Waals surface area contributed by atoms with E-state index in [-0.39, 0.29) is 0 Å². The Labute approximate surface area is 62.8 Å². The predicted molar refractivity (Wildman–Crippen MR) is 41.1 cm³/mol. The Hall–Kier alpha value is -0.0800. The molecule has 0 aromatic carbocycles. The Balaban J connectivity index is 2.15. The van der Waals surface area contributed by atoms with Crippen LogP contribution in [0, 0.1) is 0 Å². The van der Waals surface area contributed by atoms with Gasteiger partial charge in [0.25, 0.3) is 0 Å². The Kier molecular flexibility index (Phi) is 3.76. The fraction of sp³-hybridized carbons (Fsp3) is 1.00. The molecule has 0 saturated carbocycles. The van der Waals surface area contributed by atoms with Crippen molar-refractivity contribution >= 4 is 0 Å². The Morgan fingerprint density at radius 1 is 1.00 bits per heavy atom. The van der Waals surface area contributed by atoms with Crippen molar-refractivity contribution in [3.05, 3.63) is 0 Å². The Morgan fingerprint density at radius 2 is 1.60 bits per heavy atom. The summed E-state index contributed by atoms with van der Waals surface area (Å²) in [6.07, 6.45) is 5.51. The zero-order chi connectivity index (χ0) is 7.23. The highest BCUT2D eigenvalue weighted by Crippen LogP contribution is 1.98. The average molecular weight is 144 g/mol. The molecule has 1 fully saturated rings. The van der Waals surface area contributed by atoms with Crippen LogP contribution in [0.25, 0.3) is 0 Å². The van der Waals surface area contributed by atoms with Gasteiger partial charge in [0.15, 0.2) is 0 Å². The van der Waals surface area contributed by atoms with Gasteiger partial charge in [0.2, 0.25) is 0 Å². The summed E-state index contributed by atoms with van der Waals surface area (Å²) < 4.78 is 0. The molecule has 1 rings (SSSR count). The maximum absolute atomic E-state index is 8.69. The van der Waals surface area contributed by atoms with Crippen molar-refractivity contribution in [3.8, 4) is 0 Å². The summed E-state index contributed by atoms with van der Waals surface area (Å²) in [5.74, 6) is 0. The lowest BCUT2D eigenvalue weighted by Gasteiger charge is -2.14. The second-order valence-electron chi connectivity index (χ2n) is 3.14. The molecule has 60 valence electrons. The third-order valence-electron chi connectivity index (χ3n) is 2.28. The maximum Gasteiger partial charge on any atom is 0.101 e. The molecule has 0 amide bonds. The van der Waals surface area contributed by atoms with E-state index in [4.69, 9.17) is 5.11 Å². The first-order valence-electron chi connectivity index (χ1n) is 4.38. The Bertz CT molecular complexity index is 77.3. The highest BCUT2D eigenvalue weighted by Gasteiger charge is 2.09. The number of hydrogen-bond acceptors (Lipinski definition) is 1. The fourth-order valence-corrected chi connectivity index (χ4v) is 1.64. The molecule has 1 aliphatic heterocycles. The van der Waals surface area contributed by atoms with Crippen molar-refractivity contribution in [2.24, 2.45) is 0 Å². The van der Waals surface area contributed by atoms with Crippen molar-refractivity contribution in [2.45, 2.75) is 25.7 Å². The Morgan fingerprint density at radius 3 is 2.10 bits per heavy atom. The van der Waals surface area contributed by atoms with Gasteiger partial charge in [-0.2, -0.15) is 0 Å². The van der Waals surface area contributed by atoms with Gasteiger partial charge in [-0.1, -0.05) is 0 Å². The summed E-state index contributed by atoms with van der Waals surface area (Å²) in [7, 11) is 0. The summed E-state index contributed by atoms with van der Waals surface area (Å²) in [6.45, 7) is 3.87. The van der Waals surface area contributed by atoms with Crippen molar-refractivity contribution < 1.29 is 10.0 Å². The van der Waals surface area contributed by atoms with Gasteiger partial charge >= 0.3 is 0 Å². The van der Waals surface area contributed by atoms with E-state index in [1.807, 2.05) is 0 Å². The standard InChI is InChI=1S/C8H17NO/c10-8-7-9-5-3-1-2-4-6-9/h10H,1-8H2/p+1. The number of hydrogen-bond donors (Lipinski definition) is 2. The summed E-state index contributed by atoms with van der Waals surface area (Å²) in [6, 6.07) is 0. The number of quaternary nitrogens is 1. The van der Waals surface area contributed by atoms with E-state index in [0.717, 1.165) is 6.54 Å². The molecule has 1 saturated heterocycles. The molecular weight excluding hydrogens is 126 g/mol. The second kappa shape index (κ2) is 4.69. The lowest BCUT2D eigenvalue weighted by molar-refractivity contribution is -0.899. The van der Waals surface area contributed by atoms with Crippen LogP contribution in [0.4, 0.5) is 0 Å². The van der Waals surface area contributed by atoms with Crippen molar-refractivity contribution in [1.29, 1.82) is 0 Å². The van der Waals surface area contributed by atoms with Crippen LogP contribution in [0.3, 0.4) is 0 Å². The quantitative estimate of drug-likeness (QED) is 0.533. The lowest BCUT2D eigenvalue weighted by Crippen LogP contribution is -3.12. The van der Waals surface area contributed by atoms with Crippen LogP contribution < -0.4 is 4.90 Å². The molecule has 0 spiro atoms. The van der Waals surface area contributed by atoms with Gasteiger partial charge in [0.1, 0.15) is 6.54 Å². The molecule has 0 aromatic heterocycles. The molecule has 2 nitrogen and oxygen atoms in total. The summed E-state index contributed by atoms with van der Waals surface area (Å²) in [5, 5.41) is 8.69. The normalized spacial score (nSPS) is 22.5. The second-order valence-corrected chi connectivity index (χ2v) is 3.14. The van der Waals surface area contributed by atoms with Crippen molar-refractivity contribution in [2.75, 3.05) is 26.2 Å². The smallest absolute Gasteiger partial charge is 0.101 e. The molecule has 2 heteroatoms. The molecule has 10 heavy (non-hydrogen) atoms. The molecular formula is C8H18NO+. The molecule has 0 bridgehead atoms. The van der Waals surface area contributed by atoms with Crippen molar-refractivity contribution in [3.63, 3.8) is 0 Å². The predicted octanol–water partition coefficient (Wildman–Crippen LogP) is -0.562. The number of aliphatic hydroxyl groups excluding tert-OH is 1. The summed E-state index contributed by atoms with van der Waals surface area (Å²) in [5.41, 5.74) is 0. The van der Waals surface area contributed by atoms with Crippen LogP contribution in [0.2, 0.25) is 0 Å². The fourth-order valence-electron chi connectivity index (χ4n) is 1.64. The highest BCUT2D eigenvalue weighted by molar-refractivity contribution is 4.46. The monoisotopic (exact) mass is 144 g/mol. The molecule has 0 atom stereocenters.